The largest absolute Gasteiger partial charge is 0.506 e. The number of fused-ring (bicyclic) bond motifs is 1. The third-order valence-corrected chi connectivity index (χ3v) is 3.02. The van der Waals surface area contributed by atoms with Gasteiger partial charge in [0.2, 0.25) is 0 Å². The SMILES string of the molecule is Oc1cnc2cc(N3CCOCC3)nc(OF)c2c1. The molecule has 7 heteroatoms. The molecule has 0 amide bonds. The van der Waals surface area contributed by atoms with Gasteiger partial charge in [-0.25, -0.2) is 0 Å². The molecule has 1 saturated heterocycles. The zero-order chi connectivity index (χ0) is 13.2. The van der Waals surface area contributed by atoms with E-state index in [0.717, 1.165) is 0 Å². The number of ether oxygens (including phenoxy) is 1. The molecular weight excluding hydrogens is 253 g/mol. The number of rotatable bonds is 2. The summed E-state index contributed by atoms with van der Waals surface area (Å²) in [5, 5.41) is 9.71. The van der Waals surface area contributed by atoms with Crippen molar-refractivity contribution in [3.05, 3.63) is 18.3 Å². The van der Waals surface area contributed by atoms with Crippen molar-refractivity contribution in [2.45, 2.75) is 0 Å². The predicted molar refractivity (Wildman–Crippen MR) is 66.0 cm³/mol. The van der Waals surface area contributed by atoms with Crippen LogP contribution in [0.15, 0.2) is 18.3 Å². The Kier molecular flexibility index (Phi) is 3.04. The fourth-order valence-corrected chi connectivity index (χ4v) is 2.08. The zero-order valence-corrected chi connectivity index (χ0v) is 10.0. The summed E-state index contributed by atoms with van der Waals surface area (Å²) >= 11 is 0. The Morgan fingerprint density at radius 2 is 2.11 bits per heavy atom. The number of halogens is 1. The molecular formula is C12H12FN3O3. The molecule has 6 nitrogen and oxygen atoms in total. The lowest BCUT2D eigenvalue weighted by molar-refractivity contribution is -0.00968. The molecule has 0 saturated carbocycles. The van der Waals surface area contributed by atoms with Crippen LogP contribution in [0.4, 0.5) is 10.3 Å². The number of aromatic hydroxyl groups is 1. The minimum atomic E-state index is -0.192. The molecule has 0 aliphatic carbocycles. The van der Waals surface area contributed by atoms with E-state index >= 15 is 0 Å². The van der Waals surface area contributed by atoms with E-state index in [1.807, 2.05) is 4.90 Å². The number of hydrogen-bond donors (Lipinski definition) is 1. The average Bonchev–Trinajstić information content (AvgIpc) is 2.47. The van der Waals surface area contributed by atoms with Crippen molar-refractivity contribution in [3.63, 3.8) is 0 Å². The molecule has 19 heavy (non-hydrogen) atoms. The maximum Gasteiger partial charge on any atom is 0.274 e. The van der Waals surface area contributed by atoms with Gasteiger partial charge in [0, 0.05) is 23.7 Å². The van der Waals surface area contributed by atoms with Crippen LogP contribution in [0.2, 0.25) is 0 Å². The summed E-state index contributed by atoms with van der Waals surface area (Å²) in [4.78, 5) is 13.9. The number of hydrogen-bond acceptors (Lipinski definition) is 6. The third-order valence-electron chi connectivity index (χ3n) is 3.02. The summed E-state index contributed by atoms with van der Waals surface area (Å²) in [5.41, 5.74) is 0.516. The molecule has 1 N–H and O–H groups in total. The van der Waals surface area contributed by atoms with Crippen molar-refractivity contribution in [2.24, 2.45) is 0 Å². The smallest absolute Gasteiger partial charge is 0.274 e. The summed E-state index contributed by atoms with van der Waals surface area (Å²) in [7, 11) is 0. The van der Waals surface area contributed by atoms with Gasteiger partial charge in [-0.2, -0.15) is 4.98 Å². The predicted octanol–water partition coefficient (Wildman–Crippen LogP) is 1.44. The van der Waals surface area contributed by atoms with Crippen LogP contribution >= 0.6 is 0 Å². The van der Waals surface area contributed by atoms with E-state index in [9.17, 15) is 9.63 Å². The van der Waals surface area contributed by atoms with Gasteiger partial charge in [0.1, 0.15) is 11.6 Å². The van der Waals surface area contributed by atoms with Crippen molar-refractivity contribution >= 4 is 16.7 Å². The molecule has 0 atom stereocenters. The summed E-state index contributed by atoms with van der Waals surface area (Å²) in [6, 6.07) is 3.11. The Morgan fingerprint density at radius 1 is 1.32 bits per heavy atom. The fraction of sp³-hybridized carbons (Fsp3) is 0.333. The molecule has 1 fully saturated rings. The van der Waals surface area contributed by atoms with Gasteiger partial charge in [-0.3, -0.25) is 9.93 Å². The Bertz CT molecular complexity index is 602. The van der Waals surface area contributed by atoms with E-state index in [1.165, 1.54) is 12.3 Å². The first-order chi connectivity index (χ1) is 9.28. The van der Waals surface area contributed by atoms with Crippen molar-refractivity contribution in [1.82, 2.24) is 9.97 Å². The molecule has 0 radical (unpaired) electrons. The van der Waals surface area contributed by atoms with Crippen LogP contribution in [-0.2, 0) is 4.74 Å². The highest BCUT2D eigenvalue weighted by molar-refractivity contribution is 5.86. The van der Waals surface area contributed by atoms with E-state index in [2.05, 4.69) is 14.9 Å². The lowest BCUT2D eigenvalue weighted by Gasteiger charge is -2.27. The Morgan fingerprint density at radius 3 is 2.84 bits per heavy atom. The number of morpholine rings is 1. The van der Waals surface area contributed by atoms with Crippen molar-refractivity contribution in [3.8, 4) is 11.6 Å². The Labute approximate surface area is 108 Å². The number of pyridine rings is 2. The average molecular weight is 265 g/mol. The van der Waals surface area contributed by atoms with Crippen LogP contribution in [0.1, 0.15) is 0 Å². The first-order valence-corrected chi connectivity index (χ1v) is 5.89. The first-order valence-electron chi connectivity index (χ1n) is 5.89. The quantitative estimate of drug-likeness (QED) is 0.886. The normalized spacial score (nSPS) is 15.7. The van der Waals surface area contributed by atoms with Gasteiger partial charge in [0.15, 0.2) is 0 Å². The molecule has 0 aromatic carbocycles. The lowest BCUT2D eigenvalue weighted by Crippen LogP contribution is -2.36. The Hall–Kier alpha value is -2.15. The molecule has 1 aliphatic rings. The van der Waals surface area contributed by atoms with Gasteiger partial charge in [-0.15, -0.1) is 0 Å². The van der Waals surface area contributed by atoms with E-state index in [-0.39, 0.29) is 11.6 Å². The second-order valence-corrected chi connectivity index (χ2v) is 4.22. The molecule has 2 aromatic rings. The third kappa shape index (κ3) is 2.24. The van der Waals surface area contributed by atoms with E-state index in [4.69, 9.17) is 4.74 Å². The minimum Gasteiger partial charge on any atom is -0.506 e. The lowest BCUT2D eigenvalue weighted by atomic mass is 10.2. The van der Waals surface area contributed by atoms with Crippen molar-refractivity contribution < 1.29 is 19.3 Å². The van der Waals surface area contributed by atoms with Crippen LogP contribution in [0.25, 0.3) is 10.9 Å². The highest BCUT2D eigenvalue weighted by Gasteiger charge is 2.17. The van der Waals surface area contributed by atoms with Gasteiger partial charge < -0.3 is 14.7 Å². The number of aromatic nitrogens is 2. The van der Waals surface area contributed by atoms with Crippen LogP contribution in [-0.4, -0.2) is 41.4 Å². The standard InChI is InChI=1S/C12H12FN3O3/c13-19-12-9-5-8(17)7-14-10(9)6-11(15-12)16-1-3-18-4-2-16/h5-7,17H,1-4H2. The molecule has 0 unspecified atom stereocenters. The molecule has 3 rings (SSSR count). The molecule has 0 spiro atoms. The molecule has 100 valence electrons. The minimum absolute atomic E-state index is 0.0632. The summed E-state index contributed by atoms with van der Waals surface area (Å²) in [6.07, 6.45) is 1.30. The number of anilines is 1. The van der Waals surface area contributed by atoms with Crippen LogP contribution < -0.4 is 9.84 Å². The second kappa shape index (κ2) is 4.85. The van der Waals surface area contributed by atoms with Crippen LogP contribution in [0, 0.1) is 0 Å². The van der Waals surface area contributed by atoms with E-state index in [1.54, 1.807) is 6.07 Å². The number of nitrogens with zero attached hydrogens (tertiary/aromatic N) is 3. The maximum atomic E-state index is 12.6. The molecule has 0 bridgehead atoms. The van der Waals surface area contributed by atoms with Gasteiger partial charge in [0.25, 0.3) is 5.88 Å². The summed E-state index contributed by atoms with van der Waals surface area (Å²) < 4.78 is 17.9. The van der Waals surface area contributed by atoms with Gasteiger partial charge in [-0.1, -0.05) is 0 Å². The Balaban J connectivity index is 2.08. The van der Waals surface area contributed by atoms with E-state index in [0.29, 0.717) is 43.0 Å². The molecule has 3 heterocycles. The van der Waals surface area contributed by atoms with Crippen molar-refractivity contribution in [1.29, 1.82) is 0 Å². The summed E-state index contributed by atoms with van der Waals surface area (Å²) in [5.74, 6) is 0.329. The van der Waals surface area contributed by atoms with Gasteiger partial charge in [0.05, 0.1) is 30.3 Å². The highest BCUT2D eigenvalue weighted by Crippen LogP contribution is 2.29. The van der Waals surface area contributed by atoms with E-state index < -0.39 is 0 Å². The fourth-order valence-electron chi connectivity index (χ4n) is 2.08. The van der Waals surface area contributed by atoms with Gasteiger partial charge >= 0.3 is 0 Å². The first kappa shape index (κ1) is 11.9. The highest BCUT2D eigenvalue weighted by atomic mass is 19.3. The molecule has 1 aliphatic heterocycles. The van der Waals surface area contributed by atoms with Gasteiger partial charge in [-0.05, 0) is 6.07 Å². The van der Waals surface area contributed by atoms with Crippen LogP contribution in [0.3, 0.4) is 0 Å². The summed E-state index contributed by atoms with van der Waals surface area (Å²) in [6.45, 7) is 2.58. The second-order valence-electron chi connectivity index (χ2n) is 4.22. The zero-order valence-electron chi connectivity index (χ0n) is 10.0. The topological polar surface area (TPSA) is 67.7 Å². The monoisotopic (exact) mass is 265 g/mol. The molecule has 2 aromatic heterocycles. The maximum absolute atomic E-state index is 12.6. The van der Waals surface area contributed by atoms with Crippen molar-refractivity contribution in [2.75, 3.05) is 31.2 Å². The van der Waals surface area contributed by atoms with Crippen LogP contribution in [0.5, 0.6) is 11.6 Å².